The summed E-state index contributed by atoms with van der Waals surface area (Å²) in [6.45, 7) is 1.50. The number of hydrogen-bond acceptors (Lipinski definition) is 7. The lowest BCUT2D eigenvalue weighted by molar-refractivity contribution is 0.0733. The molecule has 1 heterocycles. The molecule has 0 bridgehead atoms. The van der Waals surface area contributed by atoms with E-state index >= 15 is 0 Å². The van der Waals surface area contributed by atoms with Gasteiger partial charge in [0.15, 0.2) is 0 Å². The van der Waals surface area contributed by atoms with Crippen LogP contribution in [0.15, 0.2) is 47.6 Å². The van der Waals surface area contributed by atoms with Crippen LogP contribution in [0.25, 0.3) is 0 Å². The van der Waals surface area contributed by atoms with Crippen LogP contribution in [0.4, 0.5) is 11.4 Å². The van der Waals surface area contributed by atoms with Crippen LogP contribution in [0.5, 0.6) is 11.5 Å². The highest BCUT2D eigenvalue weighted by Gasteiger charge is 2.23. The minimum Gasteiger partial charge on any atom is -0.497 e. The van der Waals surface area contributed by atoms with Gasteiger partial charge in [0.05, 0.1) is 39.3 Å². The zero-order chi connectivity index (χ0) is 20.7. The van der Waals surface area contributed by atoms with Gasteiger partial charge < -0.3 is 14.2 Å². The van der Waals surface area contributed by atoms with Crippen molar-refractivity contribution in [3.8, 4) is 11.5 Å². The average Bonchev–Trinajstić information content (AvgIpc) is 2.75. The highest BCUT2D eigenvalue weighted by Crippen LogP contribution is 2.23. The maximum atomic E-state index is 12.4. The Hall–Kier alpha value is -2.82. The van der Waals surface area contributed by atoms with E-state index in [1.165, 1.54) is 4.31 Å². The summed E-state index contributed by atoms with van der Waals surface area (Å²) in [5.74, 6) is 1.34. The Balaban J connectivity index is 1.60. The van der Waals surface area contributed by atoms with Gasteiger partial charge in [-0.25, -0.2) is 0 Å². The summed E-state index contributed by atoms with van der Waals surface area (Å²) in [6.07, 6.45) is 1.63. The Morgan fingerprint density at radius 1 is 1.03 bits per heavy atom. The van der Waals surface area contributed by atoms with Crippen LogP contribution in [0.2, 0.25) is 0 Å². The number of rotatable bonds is 8. The van der Waals surface area contributed by atoms with Crippen molar-refractivity contribution in [2.75, 3.05) is 50.7 Å². The van der Waals surface area contributed by atoms with Crippen molar-refractivity contribution in [2.45, 2.75) is 0 Å². The summed E-state index contributed by atoms with van der Waals surface area (Å²) in [6, 6.07) is 12.2. The Labute approximate surface area is 170 Å². The van der Waals surface area contributed by atoms with Crippen LogP contribution in [-0.4, -0.2) is 59.5 Å². The van der Waals surface area contributed by atoms with E-state index in [4.69, 9.17) is 14.2 Å². The molecule has 9 nitrogen and oxygen atoms in total. The monoisotopic (exact) mass is 420 g/mol. The first-order valence-corrected chi connectivity index (χ1v) is 10.4. The molecule has 0 amide bonds. The van der Waals surface area contributed by atoms with Crippen molar-refractivity contribution in [3.05, 3.63) is 48.0 Å². The van der Waals surface area contributed by atoms with Crippen molar-refractivity contribution in [1.82, 2.24) is 4.31 Å². The summed E-state index contributed by atoms with van der Waals surface area (Å²) in [5, 5.41) is 4.20. The smallest absolute Gasteiger partial charge is 0.301 e. The minimum atomic E-state index is -3.59. The number of hydrogen-bond donors (Lipinski definition) is 2. The summed E-state index contributed by atoms with van der Waals surface area (Å²) >= 11 is 0. The van der Waals surface area contributed by atoms with Crippen LogP contribution in [0.3, 0.4) is 0 Å². The van der Waals surface area contributed by atoms with E-state index in [0.29, 0.717) is 49.2 Å². The molecule has 0 unspecified atom stereocenters. The topological polar surface area (TPSA) is 101 Å². The van der Waals surface area contributed by atoms with Gasteiger partial charge in [0, 0.05) is 30.4 Å². The van der Waals surface area contributed by atoms with Crippen molar-refractivity contribution in [1.29, 1.82) is 0 Å². The number of morpholine rings is 1. The fourth-order valence-corrected chi connectivity index (χ4v) is 3.91. The predicted octanol–water partition coefficient (Wildman–Crippen LogP) is 2.14. The normalized spacial score (nSPS) is 15.2. The van der Waals surface area contributed by atoms with Crippen LogP contribution >= 0.6 is 0 Å². The lowest BCUT2D eigenvalue weighted by atomic mass is 10.2. The predicted molar refractivity (Wildman–Crippen MR) is 112 cm³/mol. The van der Waals surface area contributed by atoms with Gasteiger partial charge in [0.25, 0.3) is 0 Å². The van der Waals surface area contributed by atoms with E-state index in [2.05, 4.69) is 15.2 Å². The SMILES string of the molecule is COc1ccc(/C=N/Nc2ccc(NS(=O)(=O)N3CCOCC3)cc2)c(OC)c1. The molecule has 29 heavy (non-hydrogen) atoms. The molecule has 1 fully saturated rings. The molecule has 1 aliphatic heterocycles. The van der Waals surface area contributed by atoms with E-state index in [0.717, 1.165) is 5.56 Å². The van der Waals surface area contributed by atoms with Gasteiger partial charge in [-0.2, -0.15) is 17.8 Å². The van der Waals surface area contributed by atoms with E-state index in [9.17, 15) is 8.42 Å². The van der Waals surface area contributed by atoms with Gasteiger partial charge in [-0.05, 0) is 36.4 Å². The van der Waals surface area contributed by atoms with Crippen LogP contribution in [0, 0.1) is 0 Å². The zero-order valence-corrected chi connectivity index (χ0v) is 17.1. The first kappa shape index (κ1) is 20.9. The third-order valence-electron chi connectivity index (χ3n) is 4.28. The number of benzene rings is 2. The quantitative estimate of drug-likeness (QED) is 0.501. The van der Waals surface area contributed by atoms with E-state index in [1.54, 1.807) is 50.8 Å². The first-order valence-electron chi connectivity index (χ1n) is 8.98. The van der Waals surface area contributed by atoms with Gasteiger partial charge in [-0.3, -0.25) is 10.1 Å². The molecule has 0 aromatic heterocycles. The first-order chi connectivity index (χ1) is 14.0. The minimum absolute atomic E-state index is 0.346. The Kier molecular flexibility index (Phi) is 6.91. The molecule has 156 valence electrons. The molecule has 3 rings (SSSR count). The standard InChI is InChI=1S/C19H24N4O5S/c1-26-18-8-3-15(19(13-18)27-2)14-20-21-16-4-6-17(7-5-16)22-29(24,25)23-9-11-28-12-10-23/h3-8,13-14,21-22H,9-12H2,1-2H3/b20-14+. The fourth-order valence-electron chi connectivity index (χ4n) is 2.71. The lowest BCUT2D eigenvalue weighted by Gasteiger charge is -2.26. The Morgan fingerprint density at radius 2 is 1.72 bits per heavy atom. The molecule has 1 aliphatic rings. The number of nitrogens with one attached hydrogen (secondary N) is 2. The van der Waals surface area contributed by atoms with Gasteiger partial charge in [0.2, 0.25) is 0 Å². The van der Waals surface area contributed by atoms with Crippen molar-refractivity contribution in [2.24, 2.45) is 5.10 Å². The van der Waals surface area contributed by atoms with E-state index in [-0.39, 0.29) is 0 Å². The highest BCUT2D eigenvalue weighted by atomic mass is 32.2. The molecule has 1 saturated heterocycles. The number of anilines is 2. The second kappa shape index (κ2) is 9.59. The summed E-state index contributed by atoms with van der Waals surface area (Å²) in [5.41, 5.74) is 4.88. The molecule has 0 radical (unpaired) electrons. The van der Waals surface area contributed by atoms with Crippen molar-refractivity contribution < 1.29 is 22.6 Å². The molecular formula is C19H24N4O5S. The third kappa shape index (κ3) is 5.59. The Bertz CT molecular complexity index is 942. The molecule has 2 aromatic carbocycles. The number of ether oxygens (including phenoxy) is 3. The molecular weight excluding hydrogens is 396 g/mol. The molecule has 2 aromatic rings. The maximum absolute atomic E-state index is 12.4. The zero-order valence-electron chi connectivity index (χ0n) is 16.3. The van der Waals surface area contributed by atoms with Crippen LogP contribution in [0.1, 0.15) is 5.56 Å². The molecule has 0 aliphatic carbocycles. The van der Waals surface area contributed by atoms with E-state index < -0.39 is 10.2 Å². The number of hydrazone groups is 1. The second-order valence-electron chi connectivity index (χ2n) is 6.17. The molecule has 0 spiro atoms. The van der Waals surface area contributed by atoms with Gasteiger partial charge in [-0.1, -0.05) is 0 Å². The number of nitrogens with zero attached hydrogens (tertiary/aromatic N) is 2. The Morgan fingerprint density at radius 3 is 2.38 bits per heavy atom. The summed E-state index contributed by atoms with van der Waals surface area (Å²) in [4.78, 5) is 0. The number of methoxy groups -OCH3 is 2. The van der Waals surface area contributed by atoms with Crippen LogP contribution < -0.4 is 19.6 Å². The fraction of sp³-hybridized carbons (Fsp3) is 0.316. The third-order valence-corrected chi connectivity index (χ3v) is 5.82. The lowest BCUT2D eigenvalue weighted by Crippen LogP contribution is -2.43. The molecule has 0 atom stereocenters. The van der Waals surface area contributed by atoms with Crippen LogP contribution in [-0.2, 0) is 14.9 Å². The average molecular weight is 420 g/mol. The largest absolute Gasteiger partial charge is 0.497 e. The molecule has 10 heteroatoms. The second-order valence-corrected chi connectivity index (χ2v) is 7.84. The summed E-state index contributed by atoms with van der Waals surface area (Å²) < 4.78 is 44.4. The summed E-state index contributed by atoms with van der Waals surface area (Å²) in [7, 11) is -0.415. The van der Waals surface area contributed by atoms with E-state index in [1.807, 2.05) is 12.1 Å². The van der Waals surface area contributed by atoms with Gasteiger partial charge in [0.1, 0.15) is 11.5 Å². The van der Waals surface area contributed by atoms with Gasteiger partial charge in [-0.15, -0.1) is 0 Å². The van der Waals surface area contributed by atoms with Gasteiger partial charge >= 0.3 is 10.2 Å². The van der Waals surface area contributed by atoms with Crippen molar-refractivity contribution >= 4 is 27.8 Å². The van der Waals surface area contributed by atoms with Crippen molar-refractivity contribution in [3.63, 3.8) is 0 Å². The molecule has 2 N–H and O–H groups in total. The maximum Gasteiger partial charge on any atom is 0.301 e. The highest BCUT2D eigenvalue weighted by molar-refractivity contribution is 7.90. The molecule has 0 saturated carbocycles.